The third kappa shape index (κ3) is 6.58. The maximum absolute atomic E-state index is 13.3. The zero-order valence-corrected chi connectivity index (χ0v) is 19.8. The second-order valence-electron chi connectivity index (χ2n) is 7.65. The molecule has 0 radical (unpaired) electrons. The van der Waals surface area contributed by atoms with Crippen LogP contribution in [-0.4, -0.2) is 34.5 Å². The SMILES string of the molecule is CCc1ccc(N(CC(=O)NCCCc2ccc(OC)cc2)S(=O)(=O)c2ccccc2)cc1. The molecule has 6 nitrogen and oxygen atoms in total. The first-order valence-corrected chi connectivity index (χ1v) is 12.4. The molecule has 0 aliphatic heterocycles. The molecule has 0 aromatic heterocycles. The first kappa shape index (κ1) is 24.3. The van der Waals surface area contributed by atoms with E-state index in [0.29, 0.717) is 12.2 Å². The number of carbonyl (C=O) groups is 1. The molecule has 3 aromatic carbocycles. The predicted octanol–water partition coefficient (Wildman–Crippen LogP) is 4.20. The van der Waals surface area contributed by atoms with Crippen molar-refractivity contribution in [2.45, 2.75) is 31.1 Å². The number of nitrogens with zero attached hydrogens (tertiary/aromatic N) is 1. The van der Waals surface area contributed by atoms with Crippen LogP contribution in [0.25, 0.3) is 0 Å². The number of ether oxygens (including phenoxy) is 1. The van der Waals surface area contributed by atoms with Crippen molar-refractivity contribution in [3.63, 3.8) is 0 Å². The lowest BCUT2D eigenvalue weighted by Crippen LogP contribution is -2.41. The molecule has 0 atom stereocenters. The molecule has 0 unspecified atom stereocenters. The van der Waals surface area contributed by atoms with E-state index in [4.69, 9.17) is 4.74 Å². The molecule has 0 aliphatic carbocycles. The number of anilines is 1. The van der Waals surface area contributed by atoms with Gasteiger partial charge in [0.05, 0.1) is 17.7 Å². The Hall–Kier alpha value is -3.32. The summed E-state index contributed by atoms with van der Waals surface area (Å²) in [6.45, 7) is 2.21. The lowest BCUT2D eigenvalue weighted by molar-refractivity contribution is -0.119. The van der Waals surface area contributed by atoms with Crippen LogP contribution in [0.5, 0.6) is 5.75 Å². The molecular weight excluding hydrogens is 436 g/mol. The Balaban J connectivity index is 1.66. The minimum atomic E-state index is -3.89. The summed E-state index contributed by atoms with van der Waals surface area (Å²) in [6, 6.07) is 23.2. The van der Waals surface area contributed by atoms with Crippen molar-refractivity contribution in [1.29, 1.82) is 0 Å². The lowest BCUT2D eigenvalue weighted by Gasteiger charge is -2.24. The van der Waals surface area contributed by atoms with Gasteiger partial charge in [0.25, 0.3) is 10.0 Å². The average molecular weight is 467 g/mol. The molecule has 0 aliphatic rings. The van der Waals surface area contributed by atoms with Gasteiger partial charge in [0.1, 0.15) is 12.3 Å². The number of carbonyl (C=O) groups excluding carboxylic acids is 1. The standard InChI is InChI=1S/C26H30N2O4S/c1-3-21-11-15-23(16-12-21)28(33(30,31)25-9-5-4-6-10-25)20-26(29)27-19-7-8-22-13-17-24(32-2)18-14-22/h4-6,9-18H,3,7-8,19-20H2,1-2H3,(H,27,29). The second kappa shape index (κ2) is 11.5. The Kier molecular flexibility index (Phi) is 8.49. The molecule has 1 N–H and O–H groups in total. The molecule has 0 bridgehead atoms. The van der Waals surface area contributed by atoms with Crippen LogP contribution in [0.1, 0.15) is 24.5 Å². The van der Waals surface area contributed by atoms with Gasteiger partial charge in [0, 0.05) is 6.54 Å². The van der Waals surface area contributed by atoms with Gasteiger partial charge < -0.3 is 10.1 Å². The van der Waals surface area contributed by atoms with Gasteiger partial charge in [-0.2, -0.15) is 0 Å². The van der Waals surface area contributed by atoms with E-state index in [-0.39, 0.29) is 17.3 Å². The molecule has 33 heavy (non-hydrogen) atoms. The summed E-state index contributed by atoms with van der Waals surface area (Å²) in [4.78, 5) is 12.8. The number of amides is 1. The Labute approximate surface area is 196 Å². The smallest absolute Gasteiger partial charge is 0.264 e. The number of benzene rings is 3. The monoisotopic (exact) mass is 466 g/mol. The largest absolute Gasteiger partial charge is 0.497 e. The van der Waals surface area contributed by atoms with Crippen molar-refractivity contribution in [1.82, 2.24) is 5.32 Å². The van der Waals surface area contributed by atoms with Crippen molar-refractivity contribution in [3.05, 3.63) is 90.0 Å². The summed E-state index contributed by atoms with van der Waals surface area (Å²) in [5.41, 5.74) is 2.71. The topological polar surface area (TPSA) is 75.7 Å². The maximum atomic E-state index is 13.3. The van der Waals surface area contributed by atoms with Crippen molar-refractivity contribution < 1.29 is 17.9 Å². The molecule has 3 rings (SSSR count). The van der Waals surface area contributed by atoms with Crippen LogP contribution >= 0.6 is 0 Å². The fourth-order valence-corrected chi connectivity index (χ4v) is 4.87. The summed E-state index contributed by atoms with van der Waals surface area (Å²) in [7, 11) is -2.26. The minimum absolute atomic E-state index is 0.150. The van der Waals surface area contributed by atoms with Crippen molar-refractivity contribution in [2.75, 3.05) is 24.5 Å². The summed E-state index contributed by atoms with van der Waals surface area (Å²) in [6.07, 6.45) is 2.39. The van der Waals surface area contributed by atoms with Crippen molar-refractivity contribution in [2.24, 2.45) is 0 Å². The van der Waals surface area contributed by atoms with E-state index in [2.05, 4.69) is 5.32 Å². The number of nitrogens with one attached hydrogen (secondary N) is 1. The van der Waals surface area contributed by atoms with Gasteiger partial charge in [-0.1, -0.05) is 49.4 Å². The zero-order chi connectivity index (χ0) is 23.7. The molecular formula is C26H30N2O4S. The van der Waals surface area contributed by atoms with E-state index >= 15 is 0 Å². The highest BCUT2D eigenvalue weighted by Crippen LogP contribution is 2.24. The van der Waals surface area contributed by atoms with Crippen LogP contribution in [0.4, 0.5) is 5.69 Å². The van der Waals surface area contributed by atoms with E-state index in [1.54, 1.807) is 37.4 Å². The molecule has 7 heteroatoms. The first-order chi connectivity index (χ1) is 15.9. The zero-order valence-electron chi connectivity index (χ0n) is 19.0. The Morgan fingerprint density at radius 1 is 0.909 bits per heavy atom. The average Bonchev–Trinajstić information content (AvgIpc) is 2.86. The van der Waals surface area contributed by atoms with Gasteiger partial charge in [-0.15, -0.1) is 0 Å². The van der Waals surface area contributed by atoms with E-state index in [1.165, 1.54) is 16.4 Å². The van der Waals surface area contributed by atoms with Gasteiger partial charge in [0.15, 0.2) is 0 Å². The van der Waals surface area contributed by atoms with Gasteiger partial charge in [-0.25, -0.2) is 8.42 Å². The Morgan fingerprint density at radius 2 is 1.55 bits per heavy atom. The van der Waals surface area contributed by atoms with Crippen molar-refractivity contribution >= 4 is 21.6 Å². The van der Waals surface area contributed by atoms with Crippen molar-refractivity contribution in [3.8, 4) is 5.75 Å². The fraction of sp³-hybridized carbons (Fsp3) is 0.269. The summed E-state index contributed by atoms with van der Waals surface area (Å²) < 4.78 is 33.0. The highest BCUT2D eigenvalue weighted by atomic mass is 32.2. The number of rotatable bonds is 11. The molecule has 174 valence electrons. The highest BCUT2D eigenvalue weighted by Gasteiger charge is 2.26. The van der Waals surface area contributed by atoms with Crippen LogP contribution < -0.4 is 14.4 Å². The van der Waals surface area contributed by atoms with Gasteiger partial charge in [0.2, 0.25) is 5.91 Å². The van der Waals surface area contributed by atoms with Crippen LogP contribution in [0.15, 0.2) is 83.8 Å². The maximum Gasteiger partial charge on any atom is 0.264 e. The number of hydrogen-bond acceptors (Lipinski definition) is 4. The number of sulfonamides is 1. The quantitative estimate of drug-likeness (QED) is 0.430. The van der Waals surface area contributed by atoms with E-state index < -0.39 is 10.0 Å². The van der Waals surface area contributed by atoms with Crippen LogP contribution in [0, 0.1) is 0 Å². The molecule has 1 amide bonds. The summed E-state index contributed by atoms with van der Waals surface area (Å²) in [5.74, 6) is 0.461. The van der Waals surface area contributed by atoms with Gasteiger partial charge in [-0.3, -0.25) is 9.10 Å². The van der Waals surface area contributed by atoms with Gasteiger partial charge >= 0.3 is 0 Å². The van der Waals surface area contributed by atoms with E-state index in [0.717, 1.165) is 36.1 Å². The second-order valence-corrected chi connectivity index (χ2v) is 9.51. The minimum Gasteiger partial charge on any atom is -0.497 e. The van der Waals surface area contributed by atoms with Crippen LogP contribution in [0.3, 0.4) is 0 Å². The Morgan fingerprint density at radius 3 is 2.15 bits per heavy atom. The number of hydrogen-bond donors (Lipinski definition) is 1. The normalized spacial score (nSPS) is 11.1. The molecule has 0 saturated heterocycles. The third-order valence-corrected chi connectivity index (χ3v) is 7.16. The molecule has 0 saturated carbocycles. The van der Waals surface area contributed by atoms with Crippen LogP contribution in [0.2, 0.25) is 0 Å². The predicted molar refractivity (Wildman–Crippen MR) is 131 cm³/mol. The Bertz CT molecular complexity index is 1130. The van der Waals surface area contributed by atoms with Gasteiger partial charge in [-0.05, 0) is 66.8 Å². The third-order valence-electron chi connectivity index (χ3n) is 5.37. The molecule has 0 spiro atoms. The molecule has 3 aromatic rings. The number of aryl methyl sites for hydroxylation is 2. The summed E-state index contributed by atoms with van der Waals surface area (Å²) >= 11 is 0. The van der Waals surface area contributed by atoms with E-state index in [9.17, 15) is 13.2 Å². The molecule has 0 heterocycles. The summed E-state index contributed by atoms with van der Waals surface area (Å²) in [5, 5.41) is 2.85. The molecule has 0 fully saturated rings. The van der Waals surface area contributed by atoms with Crippen LogP contribution in [-0.2, 0) is 27.7 Å². The lowest BCUT2D eigenvalue weighted by atomic mass is 10.1. The highest BCUT2D eigenvalue weighted by molar-refractivity contribution is 7.92. The first-order valence-electron chi connectivity index (χ1n) is 11.0. The van der Waals surface area contributed by atoms with E-state index in [1.807, 2.05) is 43.3 Å². The fourth-order valence-electron chi connectivity index (χ4n) is 3.43. The number of methoxy groups -OCH3 is 1.